The van der Waals surface area contributed by atoms with Crippen LogP contribution in [0.3, 0.4) is 0 Å². The largest absolute Gasteiger partial charge is 0.497 e. The first-order valence-electron chi connectivity index (χ1n) is 6.94. The van der Waals surface area contributed by atoms with Crippen LogP contribution in [0, 0.1) is 6.92 Å². The molecule has 0 unspecified atom stereocenters. The Balaban J connectivity index is 2.15. The van der Waals surface area contributed by atoms with Crippen LogP contribution in [0.15, 0.2) is 36.4 Å². The first-order valence-corrected chi connectivity index (χ1v) is 6.94. The first kappa shape index (κ1) is 14.4. The highest BCUT2D eigenvalue weighted by molar-refractivity contribution is 5.52. The number of methoxy groups -OCH3 is 1. The van der Waals surface area contributed by atoms with Crippen LogP contribution >= 0.6 is 0 Å². The average molecular weight is 270 g/mol. The van der Waals surface area contributed by atoms with E-state index in [0.717, 1.165) is 17.1 Å². The third-order valence-electron chi connectivity index (χ3n) is 3.26. The summed E-state index contributed by atoms with van der Waals surface area (Å²) >= 11 is 0. The highest BCUT2D eigenvalue weighted by Crippen LogP contribution is 2.24. The van der Waals surface area contributed by atoms with E-state index in [1.165, 1.54) is 11.3 Å². The molecule has 0 saturated heterocycles. The van der Waals surface area contributed by atoms with Gasteiger partial charge in [-0.2, -0.15) is 0 Å². The molecule has 2 rings (SSSR count). The summed E-state index contributed by atoms with van der Waals surface area (Å²) in [6, 6.07) is 12.3. The fourth-order valence-corrected chi connectivity index (χ4v) is 2.26. The summed E-state index contributed by atoms with van der Waals surface area (Å²) in [7, 11) is 1.68. The van der Waals surface area contributed by atoms with Crippen LogP contribution in [0.4, 0.5) is 5.69 Å². The van der Waals surface area contributed by atoms with Gasteiger partial charge in [0.25, 0.3) is 0 Å². The summed E-state index contributed by atoms with van der Waals surface area (Å²) < 4.78 is 5.28. The Morgan fingerprint density at radius 3 is 2.65 bits per heavy atom. The molecule has 1 aromatic heterocycles. The number of anilines is 1. The predicted octanol–water partition coefficient (Wildman–Crippen LogP) is 4.13. The standard InChI is InChI=1S/C17H22N2O/c1-12(2)16-7-5-6-8-17(16)18-11-14-10-15(20-4)9-13(3)19-14/h5-10,12,18H,11H2,1-4H3. The fourth-order valence-electron chi connectivity index (χ4n) is 2.26. The van der Waals surface area contributed by atoms with E-state index in [4.69, 9.17) is 4.74 Å². The second-order valence-electron chi connectivity index (χ2n) is 5.24. The molecule has 0 aliphatic heterocycles. The zero-order chi connectivity index (χ0) is 14.5. The molecule has 0 amide bonds. The summed E-state index contributed by atoms with van der Waals surface area (Å²) in [6.45, 7) is 7.08. The predicted molar refractivity (Wildman–Crippen MR) is 83.4 cm³/mol. The minimum Gasteiger partial charge on any atom is -0.497 e. The Bertz CT molecular complexity index is 579. The molecule has 3 nitrogen and oxygen atoms in total. The number of nitrogens with one attached hydrogen (secondary N) is 1. The maximum absolute atomic E-state index is 5.28. The van der Waals surface area contributed by atoms with Crippen LogP contribution in [-0.4, -0.2) is 12.1 Å². The first-order chi connectivity index (χ1) is 9.60. The third kappa shape index (κ3) is 3.50. The van der Waals surface area contributed by atoms with Gasteiger partial charge in [0.2, 0.25) is 0 Å². The maximum atomic E-state index is 5.28. The van der Waals surface area contributed by atoms with Gasteiger partial charge in [-0.15, -0.1) is 0 Å². The second kappa shape index (κ2) is 6.42. The number of pyridine rings is 1. The van der Waals surface area contributed by atoms with Crippen molar-refractivity contribution in [3.8, 4) is 5.75 Å². The molecule has 0 saturated carbocycles. The molecule has 1 heterocycles. The number of benzene rings is 1. The third-order valence-corrected chi connectivity index (χ3v) is 3.26. The second-order valence-corrected chi connectivity index (χ2v) is 5.24. The van der Waals surface area contributed by atoms with Gasteiger partial charge in [0.05, 0.1) is 19.3 Å². The number of rotatable bonds is 5. The lowest BCUT2D eigenvalue weighted by Gasteiger charge is -2.14. The molecule has 0 fully saturated rings. The van der Waals surface area contributed by atoms with Gasteiger partial charge < -0.3 is 10.1 Å². The van der Waals surface area contributed by atoms with E-state index >= 15 is 0 Å². The summed E-state index contributed by atoms with van der Waals surface area (Å²) in [6.07, 6.45) is 0. The Kier molecular flexibility index (Phi) is 4.61. The van der Waals surface area contributed by atoms with Crippen LogP contribution in [0.2, 0.25) is 0 Å². The molecule has 20 heavy (non-hydrogen) atoms. The van der Waals surface area contributed by atoms with E-state index in [0.29, 0.717) is 12.5 Å². The summed E-state index contributed by atoms with van der Waals surface area (Å²) in [5.74, 6) is 1.35. The van der Waals surface area contributed by atoms with Crippen molar-refractivity contribution in [2.45, 2.75) is 33.2 Å². The van der Waals surface area contributed by atoms with Crippen molar-refractivity contribution in [3.63, 3.8) is 0 Å². The van der Waals surface area contributed by atoms with Gasteiger partial charge in [-0.3, -0.25) is 4.98 Å². The van der Waals surface area contributed by atoms with E-state index < -0.39 is 0 Å². The molecule has 1 aromatic carbocycles. The zero-order valence-electron chi connectivity index (χ0n) is 12.6. The molecule has 0 aliphatic carbocycles. The number of hydrogen-bond acceptors (Lipinski definition) is 3. The van der Waals surface area contributed by atoms with Crippen molar-refractivity contribution in [1.29, 1.82) is 0 Å². The number of para-hydroxylation sites is 1. The van der Waals surface area contributed by atoms with E-state index in [1.807, 2.05) is 19.1 Å². The molecule has 106 valence electrons. The minimum absolute atomic E-state index is 0.499. The maximum Gasteiger partial charge on any atom is 0.122 e. The summed E-state index contributed by atoms with van der Waals surface area (Å²) in [4.78, 5) is 4.53. The van der Waals surface area contributed by atoms with Gasteiger partial charge in [-0.25, -0.2) is 0 Å². The lowest BCUT2D eigenvalue weighted by Crippen LogP contribution is -2.05. The van der Waals surface area contributed by atoms with Crippen molar-refractivity contribution in [2.75, 3.05) is 12.4 Å². The van der Waals surface area contributed by atoms with Crippen LogP contribution in [-0.2, 0) is 6.54 Å². The zero-order valence-corrected chi connectivity index (χ0v) is 12.6. The van der Waals surface area contributed by atoms with E-state index in [9.17, 15) is 0 Å². The Morgan fingerprint density at radius 1 is 1.20 bits per heavy atom. The molecule has 0 radical (unpaired) electrons. The van der Waals surface area contributed by atoms with Crippen LogP contribution in [0.1, 0.15) is 36.7 Å². The van der Waals surface area contributed by atoms with Crippen LogP contribution in [0.25, 0.3) is 0 Å². The Hall–Kier alpha value is -2.03. The lowest BCUT2D eigenvalue weighted by atomic mass is 10.0. The van der Waals surface area contributed by atoms with Gasteiger partial charge in [0.1, 0.15) is 5.75 Å². The van der Waals surface area contributed by atoms with Crippen molar-refractivity contribution >= 4 is 5.69 Å². The number of ether oxygens (including phenoxy) is 1. The van der Waals surface area contributed by atoms with Gasteiger partial charge in [0, 0.05) is 23.5 Å². The van der Waals surface area contributed by atoms with E-state index in [2.05, 4.69) is 48.4 Å². The summed E-state index contributed by atoms with van der Waals surface area (Å²) in [5.41, 5.74) is 4.45. The molecule has 0 aliphatic rings. The molecular formula is C17H22N2O. The molecule has 0 atom stereocenters. The van der Waals surface area contributed by atoms with Crippen molar-refractivity contribution in [2.24, 2.45) is 0 Å². The fraction of sp³-hybridized carbons (Fsp3) is 0.353. The van der Waals surface area contributed by atoms with Crippen LogP contribution in [0.5, 0.6) is 5.75 Å². The van der Waals surface area contributed by atoms with Gasteiger partial charge in [0.15, 0.2) is 0 Å². The summed E-state index contributed by atoms with van der Waals surface area (Å²) in [5, 5.41) is 3.47. The number of hydrogen-bond donors (Lipinski definition) is 1. The molecule has 0 bridgehead atoms. The van der Waals surface area contributed by atoms with E-state index in [1.54, 1.807) is 7.11 Å². The topological polar surface area (TPSA) is 34.1 Å². The quantitative estimate of drug-likeness (QED) is 0.887. The smallest absolute Gasteiger partial charge is 0.122 e. The lowest BCUT2D eigenvalue weighted by molar-refractivity contribution is 0.413. The Morgan fingerprint density at radius 2 is 1.95 bits per heavy atom. The van der Waals surface area contributed by atoms with Crippen molar-refractivity contribution in [1.82, 2.24) is 4.98 Å². The van der Waals surface area contributed by atoms with Gasteiger partial charge >= 0.3 is 0 Å². The van der Waals surface area contributed by atoms with Gasteiger partial charge in [-0.05, 0) is 24.5 Å². The highest BCUT2D eigenvalue weighted by atomic mass is 16.5. The van der Waals surface area contributed by atoms with Gasteiger partial charge in [-0.1, -0.05) is 32.0 Å². The SMILES string of the molecule is COc1cc(C)nc(CNc2ccccc2C(C)C)c1. The van der Waals surface area contributed by atoms with E-state index in [-0.39, 0.29) is 0 Å². The van der Waals surface area contributed by atoms with Crippen molar-refractivity contribution in [3.05, 3.63) is 53.3 Å². The normalized spacial score (nSPS) is 10.7. The number of nitrogens with zero attached hydrogens (tertiary/aromatic N) is 1. The molecule has 3 heteroatoms. The monoisotopic (exact) mass is 270 g/mol. The number of aromatic nitrogens is 1. The molecule has 0 spiro atoms. The minimum atomic E-state index is 0.499. The highest BCUT2D eigenvalue weighted by Gasteiger charge is 2.06. The molecular weight excluding hydrogens is 248 g/mol. The van der Waals surface area contributed by atoms with Crippen molar-refractivity contribution < 1.29 is 4.74 Å². The molecule has 1 N–H and O–H groups in total. The van der Waals surface area contributed by atoms with Crippen LogP contribution < -0.4 is 10.1 Å². The molecule has 2 aromatic rings. The Labute approximate surface area is 121 Å². The number of aryl methyl sites for hydroxylation is 1. The average Bonchev–Trinajstić information content (AvgIpc) is 2.44.